The van der Waals surface area contributed by atoms with Gasteiger partial charge in [-0.05, 0) is 18.6 Å². The summed E-state index contributed by atoms with van der Waals surface area (Å²) < 4.78 is 10.8. The fraction of sp³-hybridized carbons (Fsp3) is 0.316. The molecule has 3 N–H and O–H groups in total. The van der Waals surface area contributed by atoms with Crippen molar-refractivity contribution in [2.45, 2.75) is 25.2 Å². The fourth-order valence-electron chi connectivity index (χ4n) is 3.04. The van der Waals surface area contributed by atoms with Gasteiger partial charge in [-0.15, -0.1) is 0 Å². The van der Waals surface area contributed by atoms with Crippen molar-refractivity contribution in [3.8, 4) is 23.0 Å². The van der Waals surface area contributed by atoms with Crippen molar-refractivity contribution < 1.29 is 29.6 Å². The highest BCUT2D eigenvalue weighted by molar-refractivity contribution is 5.67. The lowest BCUT2D eigenvalue weighted by molar-refractivity contribution is -0.137. The summed E-state index contributed by atoms with van der Waals surface area (Å²) in [6, 6.07) is 9.46. The van der Waals surface area contributed by atoms with E-state index in [4.69, 9.17) is 14.6 Å². The number of aliphatic carboxylic acids is 1. The zero-order valence-electron chi connectivity index (χ0n) is 14.4. The third kappa shape index (κ3) is 3.79. The Morgan fingerprint density at radius 1 is 0.960 bits per heavy atom. The van der Waals surface area contributed by atoms with Gasteiger partial charge in [0.15, 0.2) is 0 Å². The lowest BCUT2D eigenvalue weighted by Gasteiger charge is -2.33. The van der Waals surface area contributed by atoms with Crippen LogP contribution in [0.2, 0.25) is 0 Å². The summed E-state index contributed by atoms with van der Waals surface area (Å²) in [5.74, 6) is 0.0884. The fourth-order valence-corrected chi connectivity index (χ4v) is 3.04. The third-order valence-electron chi connectivity index (χ3n) is 4.40. The van der Waals surface area contributed by atoms with Crippen molar-refractivity contribution in [2.24, 2.45) is 0 Å². The quantitative estimate of drug-likeness (QED) is 0.712. The summed E-state index contributed by atoms with van der Waals surface area (Å²) >= 11 is 0. The molecule has 0 atom stereocenters. The first-order valence-corrected chi connectivity index (χ1v) is 7.78. The standard InChI is InChI=1S/C19H22O6/c1-19(9-8-18(22)23,14-6-4-12(20)10-16(14)24-2)15-7-5-13(21)11-17(15)25-3/h4-7,10-11,20-21H,8-9H2,1-3H3,(H,22,23). The highest BCUT2D eigenvalue weighted by atomic mass is 16.5. The van der Waals surface area contributed by atoms with E-state index in [2.05, 4.69) is 0 Å². The second-order valence-corrected chi connectivity index (χ2v) is 6.00. The van der Waals surface area contributed by atoms with Crippen molar-refractivity contribution in [3.05, 3.63) is 47.5 Å². The molecule has 0 aliphatic heterocycles. The van der Waals surface area contributed by atoms with Gasteiger partial charge in [-0.1, -0.05) is 19.1 Å². The minimum Gasteiger partial charge on any atom is -0.508 e. The van der Waals surface area contributed by atoms with Crippen LogP contribution in [-0.2, 0) is 10.2 Å². The van der Waals surface area contributed by atoms with E-state index in [9.17, 15) is 15.0 Å². The lowest BCUT2D eigenvalue weighted by Crippen LogP contribution is -2.26. The largest absolute Gasteiger partial charge is 0.508 e. The molecule has 0 amide bonds. The number of hydrogen-bond donors (Lipinski definition) is 3. The van der Waals surface area contributed by atoms with Crippen LogP contribution in [0.15, 0.2) is 36.4 Å². The number of carboxylic acids is 1. The van der Waals surface area contributed by atoms with E-state index in [-0.39, 0.29) is 24.3 Å². The SMILES string of the molecule is COc1cc(O)ccc1C(C)(CCC(=O)O)c1ccc(O)cc1OC. The molecular formula is C19H22O6. The van der Waals surface area contributed by atoms with E-state index in [1.165, 1.54) is 38.5 Å². The van der Waals surface area contributed by atoms with Crippen LogP contribution in [0, 0.1) is 0 Å². The van der Waals surface area contributed by atoms with Gasteiger partial charge in [0.2, 0.25) is 0 Å². The summed E-state index contributed by atoms with van der Waals surface area (Å²) in [5, 5.41) is 28.6. The van der Waals surface area contributed by atoms with Gasteiger partial charge in [0, 0.05) is 35.1 Å². The van der Waals surface area contributed by atoms with E-state index >= 15 is 0 Å². The minimum atomic E-state index is -0.915. The van der Waals surface area contributed by atoms with E-state index in [1.807, 2.05) is 6.92 Å². The summed E-state index contributed by atoms with van der Waals surface area (Å²) in [7, 11) is 2.98. The molecule has 0 saturated carbocycles. The number of ether oxygens (including phenoxy) is 2. The van der Waals surface area contributed by atoms with Crippen molar-refractivity contribution in [3.63, 3.8) is 0 Å². The number of phenols is 2. The number of benzene rings is 2. The molecule has 6 nitrogen and oxygen atoms in total. The number of hydrogen-bond acceptors (Lipinski definition) is 5. The summed E-state index contributed by atoms with van der Waals surface area (Å²) in [4.78, 5) is 11.2. The van der Waals surface area contributed by atoms with Crippen LogP contribution < -0.4 is 9.47 Å². The first-order valence-electron chi connectivity index (χ1n) is 7.78. The summed E-state index contributed by atoms with van der Waals surface area (Å²) in [6.07, 6.45) is 0.217. The van der Waals surface area contributed by atoms with Crippen LogP contribution in [0.1, 0.15) is 30.9 Å². The highest BCUT2D eigenvalue weighted by Gasteiger charge is 2.35. The molecular weight excluding hydrogens is 324 g/mol. The second-order valence-electron chi connectivity index (χ2n) is 6.00. The van der Waals surface area contributed by atoms with Gasteiger partial charge in [-0.25, -0.2) is 0 Å². The number of methoxy groups -OCH3 is 2. The van der Waals surface area contributed by atoms with E-state index < -0.39 is 11.4 Å². The molecule has 0 spiro atoms. The zero-order valence-corrected chi connectivity index (χ0v) is 14.4. The molecule has 0 aliphatic carbocycles. The monoisotopic (exact) mass is 346 g/mol. The van der Waals surface area contributed by atoms with Crippen LogP contribution >= 0.6 is 0 Å². The topological polar surface area (TPSA) is 96.2 Å². The molecule has 134 valence electrons. The van der Waals surface area contributed by atoms with Crippen molar-refractivity contribution in [2.75, 3.05) is 14.2 Å². The van der Waals surface area contributed by atoms with E-state index in [0.29, 0.717) is 11.5 Å². The average Bonchev–Trinajstić information content (AvgIpc) is 2.59. The maximum atomic E-state index is 11.2. The van der Waals surface area contributed by atoms with E-state index in [0.717, 1.165) is 11.1 Å². The Balaban J connectivity index is 2.69. The number of phenolic OH excluding ortho intramolecular Hbond substituents is 2. The predicted molar refractivity (Wildman–Crippen MR) is 92.6 cm³/mol. The average molecular weight is 346 g/mol. The van der Waals surface area contributed by atoms with Crippen molar-refractivity contribution >= 4 is 5.97 Å². The molecule has 2 aromatic carbocycles. The molecule has 6 heteroatoms. The van der Waals surface area contributed by atoms with E-state index in [1.54, 1.807) is 12.1 Å². The van der Waals surface area contributed by atoms with Crippen LogP contribution in [0.25, 0.3) is 0 Å². The molecule has 0 bridgehead atoms. The molecule has 0 radical (unpaired) electrons. The first kappa shape index (κ1) is 18.4. The number of rotatable bonds is 7. The highest BCUT2D eigenvalue weighted by Crippen LogP contribution is 2.46. The Hall–Kier alpha value is -2.89. The molecule has 2 aromatic rings. The first-order chi connectivity index (χ1) is 11.8. The molecule has 0 saturated heterocycles. The van der Waals surface area contributed by atoms with Gasteiger partial charge < -0.3 is 24.8 Å². The Bertz CT molecular complexity index is 715. The molecule has 25 heavy (non-hydrogen) atoms. The van der Waals surface area contributed by atoms with Crippen LogP contribution in [-0.4, -0.2) is 35.5 Å². The Kier molecular flexibility index (Phi) is 5.41. The van der Waals surface area contributed by atoms with Gasteiger partial charge in [0.1, 0.15) is 23.0 Å². The van der Waals surface area contributed by atoms with Crippen molar-refractivity contribution in [1.29, 1.82) is 0 Å². The second kappa shape index (κ2) is 7.34. The maximum Gasteiger partial charge on any atom is 0.303 e. The molecule has 0 aromatic heterocycles. The summed E-state index contributed by atoms with van der Waals surface area (Å²) in [6.45, 7) is 1.89. The van der Waals surface area contributed by atoms with Gasteiger partial charge in [0.25, 0.3) is 0 Å². The number of carboxylic acid groups (broad SMARTS) is 1. The molecule has 0 aliphatic rings. The Morgan fingerprint density at radius 2 is 1.40 bits per heavy atom. The summed E-state index contributed by atoms with van der Waals surface area (Å²) in [5.41, 5.74) is 0.673. The van der Waals surface area contributed by atoms with Crippen LogP contribution in [0.3, 0.4) is 0 Å². The predicted octanol–water partition coefficient (Wildman–Crippen LogP) is 3.29. The van der Waals surface area contributed by atoms with Gasteiger partial charge >= 0.3 is 5.97 Å². The number of carbonyl (C=O) groups is 1. The van der Waals surface area contributed by atoms with Crippen LogP contribution in [0.4, 0.5) is 0 Å². The molecule has 0 heterocycles. The lowest BCUT2D eigenvalue weighted by atomic mass is 9.72. The third-order valence-corrected chi connectivity index (χ3v) is 4.40. The maximum absolute atomic E-state index is 11.2. The zero-order chi connectivity index (χ0) is 18.6. The Labute approximate surface area is 146 Å². The number of aromatic hydroxyl groups is 2. The van der Waals surface area contributed by atoms with Gasteiger partial charge in [0.05, 0.1) is 14.2 Å². The normalized spacial score (nSPS) is 11.2. The minimum absolute atomic E-state index is 0.0545. The molecule has 2 rings (SSSR count). The van der Waals surface area contributed by atoms with Gasteiger partial charge in [-0.2, -0.15) is 0 Å². The van der Waals surface area contributed by atoms with Gasteiger partial charge in [-0.3, -0.25) is 4.79 Å². The van der Waals surface area contributed by atoms with Crippen molar-refractivity contribution in [1.82, 2.24) is 0 Å². The molecule has 0 unspecified atom stereocenters. The Morgan fingerprint density at radius 3 is 1.76 bits per heavy atom. The molecule has 0 fully saturated rings. The smallest absolute Gasteiger partial charge is 0.303 e. The van der Waals surface area contributed by atoms with Crippen LogP contribution in [0.5, 0.6) is 23.0 Å².